The highest BCUT2D eigenvalue weighted by atomic mass is 32.1. The van der Waals surface area contributed by atoms with E-state index in [-0.39, 0.29) is 0 Å². The Kier molecular flexibility index (Phi) is 4.57. The van der Waals surface area contributed by atoms with Crippen LogP contribution in [-0.4, -0.2) is 42.5 Å². The molecule has 1 aromatic heterocycles. The Morgan fingerprint density at radius 3 is 2.40 bits per heavy atom. The number of quaternary nitrogens is 1. The fraction of sp³-hybridized carbons (Fsp3) is 0.316. The Hall–Kier alpha value is -2.15. The Bertz CT molecular complexity index is 924. The molecular formula is C19H22N3O2S+. The van der Waals surface area contributed by atoms with Gasteiger partial charge < -0.3 is 14.4 Å². The normalized spacial score (nSPS) is 15.6. The first-order chi connectivity index (χ1) is 12.3. The van der Waals surface area contributed by atoms with Crippen LogP contribution in [0.5, 0.6) is 5.75 Å². The maximum absolute atomic E-state index is 5.85. The maximum atomic E-state index is 5.85. The smallest absolute Gasteiger partial charge is 0.189 e. The lowest BCUT2D eigenvalue weighted by Gasteiger charge is -2.24. The van der Waals surface area contributed by atoms with E-state index in [1.165, 1.54) is 10.4 Å². The van der Waals surface area contributed by atoms with Crippen LogP contribution >= 0.6 is 12.2 Å². The average Bonchev–Trinajstić information content (AvgIpc) is 2.95. The molecular weight excluding hydrogens is 334 g/mol. The number of hydrogen-bond acceptors (Lipinski definition) is 3. The molecule has 2 heterocycles. The summed E-state index contributed by atoms with van der Waals surface area (Å²) in [6, 6.07) is 16.4. The molecule has 1 saturated heterocycles. The molecule has 1 fully saturated rings. The molecule has 1 aliphatic rings. The van der Waals surface area contributed by atoms with Crippen molar-refractivity contribution in [2.24, 2.45) is 0 Å². The zero-order valence-electron chi connectivity index (χ0n) is 14.3. The highest BCUT2D eigenvalue weighted by Crippen LogP contribution is 2.23. The SMILES string of the molecule is COc1ccc(-n2c(=S)n(C[NH+]3CCOCC3)c3ccccc32)cc1. The maximum Gasteiger partial charge on any atom is 0.189 e. The molecule has 0 bridgehead atoms. The van der Waals surface area contributed by atoms with E-state index in [2.05, 4.69) is 33.4 Å². The van der Waals surface area contributed by atoms with Crippen LogP contribution in [0.4, 0.5) is 0 Å². The minimum absolute atomic E-state index is 0.819. The van der Waals surface area contributed by atoms with Crippen LogP contribution in [0.3, 0.4) is 0 Å². The van der Waals surface area contributed by atoms with Crippen LogP contribution in [0.2, 0.25) is 0 Å². The van der Waals surface area contributed by atoms with Gasteiger partial charge in [-0.2, -0.15) is 0 Å². The van der Waals surface area contributed by atoms with Gasteiger partial charge in [0.25, 0.3) is 0 Å². The molecule has 0 spiro atoms. The molecule has 0 unspecified atom stereocenters. The monoisotopic (exact) mass is 356 g/mol. The van der Waals surface area contributed by atoms with Crippen molar-refractivity contribution < 1.29 is 14.4 Å². The first kappa shape index (κ1) is 16.3. The summed E-state index contributed by atoms with van der Waals surface area (Å²) < 4.78 is 16.0. The second-order valence-corrected chi connectivity index (χ2v) is 6.62. The van der Waals surface area contributed by atoms with Gasteiger partial charge in [-0.05, 0) is 48.6 Å². The van der Waals surface area contributed by atoms with E-state index >= 15 is 0 Å². The molecule has 4 rings (SSSR count). The molecule has 25 heavy (non-hydrogen) atoms. The summed E-state index contributed by atoms with van der Waals surface area (Å²) in [4.78, 5) is 1.50. The topological polar surface area (TPSA) is 32.8 Å². The minimum Gasteiger partial charge on any atom is -0.497 e. The zero-order valence-corrected chi connectivity index (χ0v) is 15.1. The van der Waals surface area contributed by atoms with Crippen LogP contribution < -0.4 is 9.64 Å². The Balaban J connectivity index is 1.81. The summed E-state index contributed by atoms with van der Waals surface area (Å²) in [6.45, 7) is 4.54. The van der Waals surface area contributed by atoms with Crippen molar-refractivity contribution in [2.45, 2.75) is 6.67 Å². The van der Waals surface area contributed by atoms with Crippen molar-refractivity contribution in [3.8, 4) is 11.4 Å². The number of nitrogens with zero attached hydrogens (tertiary/aromatic N) is 2. The molecule has 0 aliphatic carbocycles. The van der Waals surface area contributed by atoms with Crippen LogP contribution in [-0.2, 0) is 11.4 Å². The highest BCUT2D eigenvalue weighted by Gasteiger charge is 2.18. The van der Waals surface area contributed by atoms with Crippen molar-refractivity contribution in [1.82, 2.24) is 9.13 Å². The van der Waals surface area contributed by atoms with Gasteiger partial charge in [0.15, 0.2) is 11.4 Å². The third kappa shape index (κ3) is 3.08. The second-order valence-electron chi connectivity index (χ2n) is 6.25. The van der Waals surface area contributed by atoms with Gasteiger partial charge in [-0.3, -0.25) is 9.13 Å². The number of benzene rings is 2. The Morgan fingerprint density at radius 1 is 1.04 bits per heavy atom. The molecule has 0 atom stereocenters. The van der Waals surface area contributed by atoms with Crippen molar-refractivity contribution in [3.05, 3.63) is 53.3 Å². The number of fused-ring (bicyclic) bond motifs is 1. The fourth-order valence-corrected chi connectivity index (χ4v) is 3.75. The first-order valence-corrected chi connectivity index (χ1v) is 8.95. The van der Waals surface area contributed by atoms with E-state index in [1.54, 1.807) is 7.11 Å². The number of aromatic nitrogens is 2. The number of para-hydroxylation sites is 2. The standard InChI is InChI=1S/C19H21N3O2S/c1-23-16-8-6-15(7-9-16)22-18-5-3-2-4-17(18)21(19(22)25)14-20-10-12-24-13-11-20/h2-9H,10-14H2,1H3/p+1. The number of ether oxygens (including phenoxy) is 2. The molecule has 6 heteroatoms. The van der Waals surface area contributed by atoms with Crippen LogP contribution in [0.1, 0.15) is 0 Å². The molecule has 1 N–H and O–H groups in total. The van der Waals surface area contributed by atoms with Gasteiger partial charge >= 0.3 is 0 Å². The van der Waals surface area contributed by atoms with Crippen molar-refractivity contribution in [3.63, 3.8) is 0 Å². The third-order valence-electron chi connectivity index (χ3n) is 4.75. The van der Waals surface area contributed by atoms with E-state index in [9.17, 15) is 0 Å². The van der Waals surface area contributed by atoms with Crippen molar-refractivity contribution in [1.29, 1.82) is 0 Å². The number of hydrogen-bond donors (Lipinski definition) is 1. The summed E-state index contributed by atoms with van der Waals surface area (Å²) >= 11 is 5.85. The number of rotatable bonds is 4. The van der Waals surface area contributed by atoms with Gasteiger partial charge in [0.1, 0.15) is 18.8 Å². The number of methoxy groups -OCH3 is 1. The summed E-state index contributed by atoms with van der Waals surface area (Å²) in [5, 5.41) is 0. The van der Waals surface area contributed by atoms with Crippen LogP contribution in [0.15, 0.2) is 48.5 Å². The molecule has 130 valence electrons. The summed E-state index contributed by atoms with van der Waals surface area (Å²) in [7, 11) is 1.68. The van der Waals surface area contributed by atoms with Crippen LogP contribution in [0, 0.1) is 4.77 Å². The quantitative estimate of drug-likeness (QED) is 0.726. The molecule has 2 aromatic carbocycles. The molecule has 0 amide bonds. The van der Waals surface area contributed by atoms with Gasteiger partial charge in [0, 0.05) is 5.69 Å². The highest BCUT2D eigenvalue weighted by molar-refractivity contribution is 7.71. The summed E-state index contributed by atoms with van der Waals surface area (Å²) in [5.41, 5.74) is 3.35. The average molecular weight is 356 g/mol. The van der Waals surface area contributed by atoms with E-state index in [4.69, 9.17) is 21.7 Å². The van der Waals surface area contributed by atoms with Gasteiger partial charge in [-0.15, -0.1) is 0 Å². The largest absolute Gasteiger partial charge is 0.497 e. The number of morpholine rings is 1. The fourth-order valence-electron chi connectivity index (χ4n) is 3.38. The van der Waals surface area contributed by atoms with E-state index in [1.807, 2.05) is 24.3 Å². The molecule has 3 aromatic rings. The van der Waals surface area contributed by atoms with E-state index in [0.717, 1.165) is 54.7 Å². The summed E-state index contributed by atoms with van der Waals surface area (Å²) in [5.74, 6) is 0.844. The molecule has 0 radical (unpaired) electrons. The van der Waals surface area contributed by atoms with Crippen molar-refractivity contribution in [2.75, 3.05) is 33.4 Å². The number of nitrogens with one attached hydrogen (secondary N) is 1. The predicted octanol–water partition coefficient (Wildman–Crippen LogP) is 2.04. The third-order valence-corrected chi connectivity index (χ3v) is 5.15. The van der Waals surface area contributed by atoms with Gasteiger partial charge in [0.05, 0.1) is 31.4 Å². The number of imidazole rings is 1. The zero-order chi connectivity index (χ0) is 17.2. The van der Waals surface area contributed by atoms with E-state index < -0.39 is 0 Å². The molecule has 0 saturated carbocycles. The first-order valence-electron chi connectivity index (χ1n) is 8.54. The van der Waals surface area contributed by atoms with Gasteiger partial charge in [-0.25, -0.2) is 0 Å². The lowest BCUT2D eigenvalue weighted by atomic mass is 10.2. The Morgan fingerprint density at radius 2 is 1.72 bits per heavy atom. The van der Waals surface area contributed by atoms with Crippen LogP contribution in [0.25, 0.3) is 16.7 Å². The van der Waals surface area contributed by atoms with E-state index in [0.29, 0.717) is 0 Å². The van der Waals surface area contributed by atoms with Gasteiger partial charge in [0.2, 0.25) is 0 Å². The summed E-state index contributed by atoms with van der Waals surface area (Å²) in [6.07, 6.45) is 0. The minimum atomic E-state index is 0.819. The lowest BCUT2D eigenvalue weighted by molar-refractivity contribution is -0.930. The lowest BCUT2D eigenvalue weighted by Crippen LogP contribution is -3.13. The second kappa shape index (κ2) is 7.00. The molecule has 1 aliphatic heterocycles. The molecule has 5 nitrogen and oxygen atoms in total. The Labute approximate surface area is 152 Å². The van der Waals surface area contributed by atoms with Crippen molar-refractivity contribution >= 4 is 23.3 Å². The predicted molar refractivity (Wildman–Crippen MR) is 100 cm³/mol. The van der Waals surface area contributed by atoms with Gasteiger partial charge in [-0.1, -0.05) is 12.1 Å².